The van der Waals surface area contributed by atoms with Crippen molar-refractivity contribution in [3.05, 3.63) is 29.3 Å². The van der Waals surface area contributed by atoms with Crippen molar-refractivity contribution in [1.29, 1.82) is 0 Å². The van der Waals surface area contributed by atoms with Crippen LogP contribution >= 0.6 is 0 Å². The molecular weight excluding hydrogens is 266 g/mol. The molecule has 0 spiro atoms. The number of benzene rings is 1. The van der Waals surface area contributed by atoms with E-state index in [0.717, 1.165) is 57.7 Å². The summed E-state index contributed by atoms with van der Waals surface area (Å²) in [4.78, 5) is 2.41. The Balaban J connectivity index is 1.55. The van der Waals surface area contributed by atoms with Gasteiger partial charge >= 0.3 is 0 Å². The Labute approximate surface area is 125 Å². The molecule has 3 rings (SSSR count). The van der Waals surface area contributed by atoms with E-state index in [-0.39, 0.29) is 5.92 Å². The Morgan fingerprint density at radius 2 is 2.38 bits per heavy atom. The van der Waals surface area contributed by atoms with E-state index in [0.29, 0.717) is 5.84 Å². The Morgan fingerprint density at radius 3 is 3.24 bits per heavy atom. The monoisotopic (exact) mass is 289 g/mol. The van der Waals surface area contributed by atoms with Crippen molar-refractivity contribution in [3.8, 4) is 5.75 Å². The smallest absolute Gasteiger partial charge is 0.143 e. The SMILES string of the molecule is NC(=NO)C1CCCN(CCc2ccc3c(c2)CCO3)C1. The second kappa shape index (κ2) is 6.35. The summed E-state index contributed by atoms with van der Waals surface area (Å²) in [6.07, 6.45) is 4.19. The van der Waals surface area contributed by atoms with E-state index in [9.17, 15) is 0 Å². The number of hydrogen-bond acceptors (Lipinski definition) is 4. The molecule has 0 bridgehead atoms. The number of likely N-dealkylation sites (tertiary alicyclic amines) is 1. The van der Waals surface area contributed by atoms with Crippen LogP contribution in [0.2, 0.25) is 0 Å². The van der Waals surface area contributed by atoms with Gasteiger partial charge in [0.1, 0.15) is 11.6 Å². The zero-order valence-electron chi connectivity index (χ0n) is 12.3. The minimum absolute atomic E-state index is 0.192. The molecule has 1 fully saturated rings. The number of amidine groups is 1. The summed E-state index contributed by atoms with van der Waals surface area (Å²) in [7, 11) is 0. The summed E-state index contributed by atoms with van der Waals surface area (Å²) in [5.41, 5.74) is 8.44. The molecule has 2 aliphatic heterocycles. The highest BCUT2D eigenvalue weighted by molar-refractivity contribution is 5.82. The fourth-order valence-electron chi connectivity index (χ4n) is 3.26. The van der Waals surface area contributed by atoms with Crippen LogP contribution in [0.4, 0.5) is 0 Å². The third-order valence-corrected chi connectivity index (χ3v) is 4.51. The van der Waals surface area contributed by atoms with Crippen molar-refractivity contribution in [2.75, 3.05) is 26.2 Å². The second-order valence-electron chi connectivity index (χ2n) is 5.96. The van der Waals surface area contributed by atoms with E-state index in [2.05, 4.69) is 28.3 Å². The van der Waals surface area contributed by atoms with Crippen LogP contribution in [0.25, 0.3) is 0 Å². The molecule has 0 aromatic heterocycles. The van der Waals surface area contributed by atoms with E-state index in [1.807, 2.05) is 0 Å². The van der Waals surface area contributed by atoms with Gasteiger partial charge in [0.15, 0.2) is 0 Å². The van der Waals surface area contributed by atoms with Gasteiger partial charge in [-0.2, -0.15) is 0 Å². The number of fused-ring (bicyclic) bond motifs is 1. The molecule has 5 heteroatoms. The van der Waals surface area contributed by atoms with Crippen LogP contribution in [-0.2, 0) is 12.8 Å². The van der Waals surface area contributed by atoms with E-state index < -0.39 is 0 Å². The maximum atomic E-state index is 8.80. The van der Waals surface area contributed by atoms with E-state index in [1.54, 1.807) is 0 Å². The summed E-state index contributed by atoms with van der Waals surface area (Å²) < 4.78 is 5.54. The molecule has 21 heavy (non-hydrogen) atoms. The Morgan fingerprint density at radius 1 is 1.48 bits per heavy atom. The largest absolute Gasteiger partial charge is 0.493 e. The van der Waals surface area contributed by atoms with Gasteiger partial charge in [0.05, 0.1) is 6.61 Å². The van der Waals surface area contributed by atoms with Crippen LogP contribution in [0.5, 0.6) is 5.75 Å². The van der Waals surface area contributed by atoms with Crippen molar-refractivity contribution in [2.24, 2.45) is 16.8 Å². The normalized spacial score (nSPS) is 22.9. The first-order chi connectivity index (χ1) is 10.3. The van der Waals surface area contributed by atoms with Crippen LogP contribution in [0.1, 0.15) is 24.0 Å². The number of rotatable bonds is 4. The minimum atomic E-state index is 0.192. The molecule has 2 heterocycles. The highest BCUT2D eigenvalue weighted by Crippen LogP contribution is 2.26. The Kier molecular flexibility index (Phi) is 4.29. The molecule has 1 aromatic carbocycles. The molecule has 3 N–H and O–H groups in total. The molecule has 1 unspecified atom stereocenters. The predicted molar refractivity (Wildman–Crippen MR) is 81.9 cm³/mol. The third kappa shape index (κ3) is 3.29. The number of nitrogens with zero attached hydrogens (tertiary/aromatic N) is 2. The number of nitrogens with two attached hydrogens (primary N) is 1. The van der Waals surface area contributed by atoms with Crippen molar-refractivity contribution < 1.29 is 9.94 Å². The molecule has 1 saturated heterocycles. The van der Waals surface area contributed by atoms with Gasteiger partial charge in [0.25, 0.3) is 0 Å². The summed E-state index contributed by atoms with van der Waals surface area (Å²) in [6, 6.07) is 6.52. The quantitative estimate of drug-likeness (QED) is 0.382. The number of hydrogen-bond donors (Lipinski definition) is 2. The average Bonchev–Trinajstić information content (AvgIpc) is 3.00. The van der Waals surface area contributed by atoms with Gasteiger partial charge in [-0.25, -0.2) is 0 Å². The van der Waals surface area contributed by atoms with Gasteiger partial charge < -0.3 is 20.6 Å². The van der Waals surface area contributed by atoms with Crippen LogP contribution in [-0.4, -0.2) is 42.2 Å². The Hall–Kier alpha value is -1.75. The molecule has 0 radical (unpaired) electrons. The summed E-state index contributed by atoms with van der Waals surface area (Å²) >= 11 is 0. The second-order valence-corrected chi connectivity index (χ2v) is 5.96. The molecule has 1 atom stereocenters. The maximum absolute atomic E-state index is 8.80. The molecule has 1 aromatic rings. The molecule has 0 amide bonds. The highest BCUT2D eigenvalue weighted by atomic mass is 16.5. The van der Waals surface area contributed by atoms with Crippen molar-refractivity contribution >= 4 is 5.84 Å². The summed E-state index contributed by atoms with van der Waals surface area (Å²) in [5, 5.41) is 12.0. The Bertz CT molecular complexity index is 530. The fourth-order valence-corrected chi connectivity index (χ4v) is 3.26. The van der Waals surface area contributed by atoms with Crippen LogP contribution in [0.3, 0.4) is 0 Å². The zero-order chi connectivity index (χ0) is 14.7. The number of piperidine rings is 1. The lowest BCUT2D eigenvalue weighted by Crippen LogP contribution is -2.42. The van der Waals surface area contributed by atoms with Gasteiger partial charge in [-0.05, 0) is 43.0 Å². The van der Waals surface area contributed by atoms with Crippen LogP contribution in [0, 0.1) is 5.92 Å². The molecule has 0 aliphatic carbocycles. The van der Waals surface area contributed by atoms with Gasteiger partial charge in [-0.15, -0.1) is 0 Å². The lowest BCUT2D eigenvalue weighted by Gasteiger charge is -2.32. The van der Waals surface area contributed by atoms with Crippen molar-refractivity contribution in [2.45, 2.75) is 25.7 Å². The van der Waals surface area contributed by atoms with Gasteiger partial charge in [-0.1, -0.05) is 17.3 Å². The minimum Gasteiger partial charge on any atom is -0.493 e. The number of oxime groups is 1. The standard InChI is InChI=1S/C16H23N3O2/c17-16(18-20)14-2-1-7-19(11-14)8-5-12-3-4-15-13(10-12)6-9-21-15/h3-4,10,14,20H,1-2,5-9,11H2,(H2,17,18). The van der Waals surface area contributed by atoms with Crippen molar-refractivity contribution in [1.82, 2.24) is 4.90 Å². The van der Waals surface area contributed by atoms with Gasteiger partial charge in [0, 0.05) is 25.4 Å². The number of ether oxygens (including phenoxy) is 1. The third-order valence-electron chi connectivity index (χ3n) is 4.51. The molecule has 114 valence electrons. The first kappa shape index (κ1) is 14.2. The van der Waals surface area contributed by atoms with Crippen LogP contribution < -0.4 is 10.5 Å². The summed E-state index contributed by atoms with van der Waals surface area (Å²) in [5.74, 6) is 1.61. The highest BCUT2D eigenvalue weighted by Gasteiger charge is 2.23. The predicted octanol–water partition coefficient (Wildman–Crippen LogP) is 1.62. The van der Waals surface area contributed by atoms with E-state index in [4.69, 9.17) is 15.7 Å². The lowest BCUT2D eigenvalue weighted by atomic mass is 9.96. The fraction of sp³-hybridized carbons (Fsp3) is 0.562. The van der Waals surface area contributed by atoms with Gasteiger partial charge in [-0.3, -0.25) is 0 Å². The topological polar surface area (TPSA) is 71.1 Å². The van der Waals surface area contributed by atoms with Crippen molar-refractivity contribution in [3.63, 3.8) is 0 Å². The first-order valence-electron chi connectivity index (χ1n) is 7.70. The van der Waals surface area contributed by atoms with Gasteiger partial charge in [0.2, 0.25) is 0 Å². The molecule has 5 nitrogen and oxygen atoms in total. The summed E-state index contributed by atoms with van der Waals surface area (Å²) in [6.45, 7) is 3.83. The first-order valence-corrected chi connectivity index (χ1v) is 7.70. The van der Waals surface area contributed by atoms with E-state index >= 15 is 0 Å². The van der Waals surface area contributed by atoms with Crippen LogP contribution in [0.15, 0.2) is 23.4 Å². The average molecular weight is 289 g/mol. The molecule has 0 saturated carbocycles. The molecular formula is C16H23N3O2. The lowest BCUT2D eigenvalue weighted by molar-refractivity contribution is 0.202. The maximum Gasteiger partial charge on any atom is 0.143 e. The molecule has 2 aliphatic rings. The van der Waals surface area contributed by atoms with E-state index in [1.165, 1.54) is 11.1 Å². The zero-order valence-corrected chi connectivity index (χ0v) is 12.3.